The normalized spacial score (nSPS) is 11.8. The van der Waals surface area contributed by atoms with Crippen LogP contribution in [0, 0.1) is 0 Å². The van der Waals surface area contributed by atoms with Crippen molar-refractivity contribution in [1.29, 1.82) is 0 Å². The van der Waals surface area contributed by atoms with E-state index in [2.05, 4.69) is 23.3 Å². The molecule has 0 atom stereocenters. The number of hydrogen-bond acceptors (Lipinski definition) is 8. The number of imidazole rings is 1. The number of phenolic OH excluding ortho intramolecular Hbond substituents is 1. The van der Waals surface area contributed by atoms with E-state index in [1.165, 1.54) is 6.07 Å². The number of nitrogens with two attached hydrogens (primary N) is 1. The van der Waals surface area contributed by atoms with Crippen molar-refractivity contribution < 1.29 is 33.5 Å². The van der Waals surface area contributed by atoms with Gasteiger partial charge in [0.1, 0.15) is 11.3 Å². The molecule has 0 saturated carbocycles. The number of amides is 1. The summed E-state index contributed by atoms with van der Waals surface area (Å²) in [6.45, 7) is 3.98. The Hall–Kier alpha value is -2.97. The number of unbranched alkanes of at least 4 members (excludes halogenated alkanes) is 1. The van der Waals surface area contributed by atoms with Crippen LogP contribution in [0.25, 0.3) is 21.9 Å². The predicted octanol–water partition coefficient (Wildman–Crippen LogP) is 4.63. The summed E-state index contributed by atoms with van der Waals surface area (Å²) in [5.74, 6) is 0.409. The van der Waals surface area contributed by atoms with Crippen LogP contribution >= 0.6 is 30.4 Å². The van der Waals surface area contributed by atoms with Crippen molar-refractivity contribution >= 4 is 64.1 Å². The number of ether oxygens (including phenoxy) is 1. The number of nitrogen functional groups attached to an aromatic ring is 1. The number of phosphoric acid groups is 1. The van der Waals surface area contributed by atoms with Crippen LogP contribution in [-0.4, -0.2) is 59.5 Å². The van der Waals surface area contributed by atoms with Gasteiger partial charge in [0.25, 0.3) is 0 Å². The summed E-state index contributed by atoms with van der Waals surface area (Å²) < 4.78 is 24.7. The van der Waals surface area contributed by atoms with Gasteiger partial charge in [-0.05, 0) is 49.4 Å². The molecule has 12 nitrogen and oxygen atoms in total. The third kappa shape index (κ3) is 8.79. The number of carbonyl (C=O) groups is 1. The van der Waals surface area contributed by atoms with E-state index in [1.54, 1.807) is 12.1 Å². The highest BCUT2D eigenvalue weighted by molar-refractivity contribution is 14.1. The number of halogens is 1. The topological polar surface area (TPSA) is 182 Å². The molecular weight excluding hydrogens is 688 g/mol. The minimum Gasteiger partial charge on any atom is -0.504 e. The van der Waals surface area contributed by atoms with Gasteiger partial charge < -0.3 is 30.0 Å². The number of anilines is 1. The molecule has 2 aromatic carbocycles. The first-order valence-corrected chi connectivity index (χ1v) is 17.2. The summed E-state index contributed by atoms with van der Waals surface area (Å²) >= 11 is 2.03. The summed E-state index contributed by atoms with van der Waals surface area (Å²) in [7, 11) is -4.93. The molecule has 0 bridgehead atoms. The molecule has 0 unspecified atom stereocenters. The van der Waals surface area contributed by atoms with Crippen molar-refractivity contribution in [3.63, 3.8) is 0 Å². The van der Waals surface area contributed by atoms with Crippen LogP contribution in [-0.2, 0) is 33.5 Å². The van der Waals surface area contributed by atoms with Crippen molar-refractivity contribution in [3.8, 4) is 11.5 Å². The highest BCUT2D eigenvalue weighted by Gasteiger charge is 2.24. The number of benzene rings is 2. The van der Waals surface area contributed by atoms with Crippen molar-refractivity contribution in [2.45, 2.75) is 52.0 Å². The maximum Gasteiger partial charge on any atom is 0.524 e. The number of rotatable bonds is 16. The van der Waals surface area contributed by atoms with Gasteiger partial charge in [0.05, 0.1) is 22.0 Å². The number of nitrogens with zero attached hydrogens (tertiary/aromatic N) is 3. The summed E-state index contributed by atoms with van der Waals surface area (Å²) in [5.41, 5.74) is 9.85. The lowest BCUT2D eigenvalue weighted by molar-refractivity contribution is -0.118. The minimum absolute atomic E-state index is 0.0258. The lowest BCUT2D eigenvalue weighted by atomic mass is 10.1. The highest BCUT2D eigenvalue weighted by Crippen LogP contribution is 2.44. The Kier molecular flexibility index (Phi) is 11.6. The molecule has 2 heterocycles. The van der Waals surface area contributed by atoms with Gasteiger partial charge in [0, 0.05) is 37.1 Å². The van der Waals surface area contributed by atoms with Crippen molar-refractivity contribution in [3.05, 3.63) is 53.3 Å². The molecule has 6 N–H and O–H groups in total. The van der Waals surface area contributed by atoms with E-state index in [0.29, 0.717) is 47.2 Å². The lowest BCUT2D eigenvalue weighted by Crippen LogP contribution is -2.25. The molecule has 14 heteroatoms. The zero-order valence-electron chi connectivity index (χ0n) is 24.0. The Balaban J connectivity index is 1.63. The average molecular weight is 726 g/mol. The first-order chi connectivity index (χ1) is 20.6. The number of phenols is 1. The third-order valence-corrected chi connectivity index (χ3v) is 7.99. The summed E-state index contributed by atoms with van der Waals surface area (Å²) in [4.78, 5) is 39.7. The first kappa shape index (κ1) is 32.9. The second-order valence-electron chi connectivity index (χ2n) is 10.2. The number of aromatic nitrogens is 3. The molecule has 0 fully saturated rings. The Morgan fingerprint density at radius 1 is 1.12 bits per heavy atom. The Morgan fingerprint density at radius 2 is 1.91 bits per heavy atom. The van der Waals surface area contributed by atoms with E-state index in [0.717, 1.165) is 54.4 Å². The number of carbonyl (C=O) groups excluding carboxylic acids is 1. The lowest BCUT2D eigenvalue weighted by Gasteiger charge is -2.16. The van der Waals surface area contributed by atoms with E-state index in [1.807, 2.05) is 39.3 Å². The highest BCUT2D eigenvalue weighted by atomic mass is 127. The number of phosphoric ester groups is 1. The number of nitrogens with one attached hydrogen (secondary N) is 1. The molecule has 0 spiro atoms. The van der Waals surface area contributed by atoms with Crippen LogP contribution < -0.4 is 15.6 Å². The second kappa shape index (κ2) is 15.2. The smallest absolute Gasteiger partial charge is 0.504 e. The molecule has 0 radical (unpaired) electrons. The first-order valence-electron chi connectivity index (χ1n) is 14.1. The molecular formula is C29H37IN5O7P. The molecule has 232 valence electrons. The largest absolute Gasteiger partial charge is 0.524 e. The van der Waals surface area contributed by atoms with Gasteiger partial charge in [-0.3, -0.25) is 14.6 Å². The molecule has 0 aliphatic carbocycles. The van der Waals surface area contributed by atoms with Crippen molar-refractivity contribution in [2.75, 3.05) is 29.9 Å². The number of alkyl halides is 1. The van der Waals surface area contributed by atoms with E-state index >= 15 is 0 Å². The summed E-state index contributed by atoms with van der Waals surface area (Å²) in [6.07, 6.45) is 4.81. The number of pyridine rings is 1. The monoisotopic (exact) mass is 725 g/mol. The molecule has 0 aliphatic heterocycles. The molecule has 0 saturated heterocycles. The zero-order chi connectivity index (χ0) is 31.0. The van der Waals surface area contributed by atoms with Gasteiger partial charge in [0.2, 0.25) is 5.91 Å². The molecule has 0 aliphatic rings. The maximum atomic E-state index is 11.7. The van der Waals surface area contributed by atoms with Crippen LogP contribution in [0.1, 0.15) is 49.6 Å². The van der Waals surface area contributed by atoms with Gasteiger partial charge in [-0.15, -0.1) is 0 Å². The molecule has 2 aromatic heterocycles. The Labute approximate surface area is 263 Å². The van der Waals surface area contributed by atoms with E-state index in [9.17, 15) is 24.3 Å². The molecule has 4 aromatic rings. The standard InChI is InChI=1S/C29H37IN5O7P/c1-2-3-10-24-34-26-27(35(24)18-20-8-4-9-23(36)28(20)42-43(38,39)40)21-16-19(11-12-22(21)33-29(26)31)7-5-14-41-15-6-13-32-25(37)17-30/h4,8-9,11-12,16,36H,2-3,5-7,10,13-15,17-18H2,1H3,(H2,31,33)(H,32,37)(H2,38,39,40). The number of hydrogen-bond donors (Lipinski definition) is 5. The fourth-order valence-corrected chi connectivity index (χ4v) is 5.59. The van der Waals surface area contributed by atoms with Crippen LogP contribution in [0.15, 0.2) is 36.4 Å². The van der Waals surface area contributed by atoms with Crippen molar-refractivity contribution in [2.24, 2.45) is 0 Å². The summed E-state index contributed by atoms with van der Waals surface area (Å²) in [5, 5.41) is 14.1. The number of fused-ring (bicyclic) bond motifs is 3. The zero-order valence-corrected chi connectivity index (χ0v) is 27.0. The van der Waals surface area contributed by atoms with Gasteiger partial charge in [-0.25, -0.2) is 14.5 Å². The minimum atomic E-state index is -4.93. The molecule has 1 amide bonds. The molecule has 4 rings (SSSR count). The fraction of sp³-hybridized carbons (Fsp3) is 0.414. The van der Waals surface area contributed by atoms with Crippen LogP contribution in [0.4, 0.5) is 5.82 Å². The third-order valence-electron chi connectivity index (χ3n) is 6.88. The maximum absolute atomic E-state index is 11.7. The predicted molar refractivity (Wildman–Crippen MR) is 174 cm³/mol. The van der Waals surface area contributed by atoms with Crippen LogP contribution in [0.2, 0.25) is 0 Å². The quantitative estimate of drug-likeness (QED) is 0.0473. The number of para-hydroxylation sites is 1. The SMILES string of the molecule is CCCCc1nc2c(N)nc3ccc(CCCOCCCNC(=O)CI)cc3c2n1Cc1cccc(O)c1OP(=O)(O)O. The van der Waals surface area contributed by atoms with E-state index in [-0.39, 0.29) is 29.8 Å². The van der Waals surface area contributed by atoms with E-state index < -0.39 is 7.82 Å². The second-order valence-corrected chi connectivity index (χ2v) is 12.1. The van der Waals surface area contributed by atoms with Gasteiger partial charge in [0.15, 0.2) is 17.3 Å². The van der Waals surface area contributed by atoms with E-state index in [4.69, 9.17) is 20.0 Å². The average Bonchev–Trinajstić information content (AvgIpc) is 3.33. The van der Waals surface area contributed by atoms with Gasteiger partial charge >= 0.3 is 7.82 Å². The number of aromatic hydroxyl groups is 1. The van der Waals surface area contributed by atoms with Gasteiger partial charge in [-0.2, -0.15) is 0 Å². The van der Waals surface area contributed by atoms with Crippen LogP contribution in [0.5, 0.6) is 11.5 Å². The summed E-state index contributed by atoms with van der Waals surface area (Å²) in [6, 6.07) is 10.6. The van der Waals surface area contributed by atoms with Crippen LogP contribution in [0.3, 0.4) is 0 Å². The Morgan fingerprint density at radius 3 is 2.65 bits per heavy atom. The van der Waals surface area contributed by atoms with Gasteiger partial charge in [-0.1, -0.05) is 54.1 Å². The number of aryl methyl sites for hydroxylation is 2. The fourth-order valence-electron chi connectivity index (χ4n) is 4.88. The van der Waals surface area contributed by atoms with Crippen molar-refractivity contribution in [1.82, 2.24) is 19.9 Å². The Bertz CT molecular complexity index is 1620. The molecule has 43 heavy (non-hydrogen) atoms.